The molecule has 2 aliphatic carbocycles. The Hall–Kier alpha value is -0.280. The molecule has 2 saturated carbocycles. The molecular weight excluding hydrogens is 281 g/mol. The van der Waals surface area contributed by atoms with E-state index in [0.717, 1.165) is 17.9 Å². The monoisotopic (exact) mass is 299 g/mol. The summed E-state index contributed by atoms with van der Waals surface area (Å²) >= 11 is 12.0. The second-order valence-corrected chi connectivity index (χ2v) is 6.91. The molecular formula is C15H19Cl2NO. The minimum atomic E-state index is -0.539. The summed E-state index contributed by atoms with van der Waals surface area (Å²) in [5.74, 6) is 1.29. The Balaban J connectivity index is 1.93. The molecule has 3 rings (SSSR count). The molecule has 0 spiro atoms. The smallest absolute Gasteiger partial charge is 0.0861 e. The maximum atomic E-state index is 10.8. The van der Waals surface area contributed by atoms with Gasteiger partial charge in [0.05, 0.1) is 16.1 Å². The molecule has 2 aliphatic rings. The molecule has 4 atom stereocenters. The van der Waals surface area contributed by atoms with Crippen molar-refractivity contribution in [3.8, 4) is 0 Å². The highest BCUT2D eigenvalue weighted by Gasteiger charge is 2.54. The van der Waals surface area contributed by atoms with Gasteiger partial charge in [-0.2, -0.15) is 0 Å². The van der Waals surface area contributed by atoms with Crippen molar-refractivity contribution in [1.29, 1.82) is 0 Å². The van der Waals surface area contributed by atoms with Gasteiger partial charge in [0.25, 0.3) is 0 Å². The van der Waals surface area contributed by atoms with Crippen LogP contribution in [0.25, 0.3) is 0 Å². The lowest BCUT2D eigenvalue weighted by atomic mass is 9.67. The lowest BCUT2D eigenvalue weighted by molar-refractivity contribution is -0.0130. The summed E-state index contributed by atoms with van der Waals surface area (Å²) in [4.78, 5) is 0. The van der Waals surface area contributed by atoms with Crippen molar-refractivity contribution in [3.05, 3.63) is 33.8 Å². The summed E-state index contributed by atoms with van der Waals surface area (Å²) in [6.07, 6.45) is 4.20. The quantitative estimate of drug-likeness (QED) is 0.892. The number of aliphatic hydroxyl groups is 1. The summed E-state index contributed by atoms with van der Waals surface area (Å²) < 4.78 is 0. The zero-order chi connectivity index (χ0) is 13.6. The van der Waals surface area contributed by atoms with Crippen molar-refractivity contribution >= 4 is 23.2 Å². The van der Waals surface area contributed by atoms with E-state index < -0.39 is 6.10 Å². The lowest BCUT2D eigenvalue weighted by Crippen LogP contribution is -2.41. The van der Waals surface area contributed by atoms with Gasteiger partial charge in [-0.3, -0.25) is 0 Å². The fourth-order valence-corrected chi connectivity index (χ4v) is 4.50. The zero-order valence-corrected chi connectivity index (χ0v) is 12.3. The van der Waals surface area contributed by atoms with Crippen molar-refractivity contribution in [2.75, 3.05) is 6.54 Å². The summed E-state index contributed by atoms with van der Waals surface area (Å²) in [6, 6.07) is 5.39. The molecule has 19 heavy (non-hydrogen) atoms. The number of aliphatic hydroxyl groups excluding tert-OH is 1. The third-order valence-electron chi connectivity index (χ3n) is 5.21. The standard InChI is InChI=1S/C15H19Cl2NO/c16-12-4-2-10(6-13(12)17)14(19)15(8-18)7-9-1-3-11(15)5-9/h2,4,6,9,11,14,19H,1,3,5,7-8,18H2. The molecule has 0 amide bonds. The predicted octanol–water partition coefficient (Wildman–Crippen LogP) is 3.79. The number of hydrogen-bond acceptors (Lipinski definition) is 2. The van der Waals surface area contributed by atoms with E-state index in [2.05, 4.69) is 0 Å². The summed E-state index contributed by atoms with van der Waals surface area (Å²) in [6.45, 7) is 0.537. The molecule has 2 nitrogen and oxygen atoms in total. The van der Waals surface area contributed by atoms with E-state index in [1.54, 1.807) is 12.1 Å². The third kappa shape index (κ3) is 2.09. The van der Waals surface area contributed by atoms with Crippen LogP contribution in [0.1, 0.15) is 37.4 Å². The van der Waals surface area contributed by atoms with Crippen molar-refractivity contribution in [2.24, 2.45) is 23.0 Å². The second-order valence-electron chi connectivity index (χ2n) is 6.09. The highest BCUT2D eigenvalue weighted by molar-refractivity contribution is 6.42. The lowest BCUT2D eigenvalue weighted by Gasteiger charge is -2.41. The maximum Gasteiger partial charge on any atom is 0.0861 e. The van der Waals surface area contributed by atoms with Crippen molar-refractivity contribution in [3.63, 3.8) is 0 Å². The summed E-state index contributed by atoms with van der Waals surface area (Å²) in [5.41, 5.74) is 6.72. The number of rotatable bonds is 3. The Morgan fingerprint density at radius 3 is 2.63 bits per heavy atom. The first kappa shape index (κ1) is 13.7. The molecule has 104 valence electrons. The molecule has 4 unspecified atom stereocenters. The minimum Gasteiger partial charge on any atom is -0.388 e. The molecule has 0 aliphatic heterocycles. The molecule has 0 heterocycles. The van der Waals surface area contributed by atoms with Crippen LogP contribution in [0.4, 0.5) is 0 Å². The third-order valence-corrected chi connectivity index (χ3v) is 5.95. The molecule has 1 aromatic rings. The van der Waals surface area contributed by atoms with Gasteiger partial charge in [0.1, 0.15) is 0 Å². The molecule has 0 aromatic heterocycles. The maximum absolute atomic E-state index is 10.8. The number of hydrogen-bond donors (Lipinski definition) is 2. The molecule has 3 N–H and O–H groups in total. The van der Waals surface area contributed by atoms with Gasteiger partial charge in [0.2, 0.25) is 0 Å². The van der Waals surface area contributed by atoms with Crippen LogP contribution in [0.15, 0.2) is 18.2 Å². The van der Waals surface area contributed by atoms with Gasteiger partial charge in [0.15, 0.2) is 0 Å². The Labute approximate surface area is 123 Å². The Bertz CT molecular complexity index is 493. The fourth-order valence-electron chi connectivity index (χ4n) is 4.20. The highest BCUT2D eigenvalue weighted by Crippen LogP contribution is 2.60. The second kappa shape index (κ2) is 4.92. The average Bonchev–Trinajstić information content (AvgIpc) is 3.02. The molecule has 0 radical (unpaired) electrons. The zero-order valence-electron chi connectivity index (χ0n) is 10.8. The number of fused-ring (bicyclic) bond motifs is 2. The summed E-state index contributed by atoms with van der Waals surface area (Å²) in [7, 11) is 0. The van der Waals surface area contributed by atoms with Crippen LogP contribution >= 0.6 is 23.2 Å². The van der Waals surface area contributed by atoms with Gasteiger partial charge in [0, 0.05) is 12.0 Å². The van der Waals surface area contributed by atoms with E-state index in [0.29, 0.717) is 22.5 Å². The van der Waals surface area contributed by atoms with Gasteiger partial charge in [-0.1, -0.05) is 35.7 Å². The fraction of sp³-hybridized carbons (Fsp3) is 0.600. The Morgan fingerprint density at radius 2 is 2.11 bits per heavy atom. The highest BCUT2D eigenvalue weighted by atomic mass is 35.5. The van der Waals surface area contributed by atoms with E-state index in [-0.39, 0.29) is 5.41 Å². The summed E-state index contributed by atoms with van der Waals surface area (Å²) in [5, 5.41) is 11.8. The number of benzene rings is 1. The normalized spacial score (nSPS) is 34.7. The molecule has 1 aromatic carbocycles. The van der Waals surface area contributed by atoms with E-state index in [9.17, 15) is 5.11 Å². The van der Waals surface area contributed by atoms with Crippen LogP contribution in [0, 0.1) is 17.3 Å². The molecule has 0 saturated heterocycles. The van der Waals surface area contributed by atoms with Crippen LogP contribution in [0.2, 0.25) is 10.0 Å². The van der Waals surface area contributed by atoms with E-state index >= 15 is 0 Å². The van der Waals surface area contributed by atoms with Crippen molar-refractivity contribution in [1.82, 2.24) is 0 Å². The van der Waals surface area contributed by atoms with Crippen LogP contribution in [0.5, 0.6) is 0 Å². The first-order chi connectivity index (χ1) is 9.06. The first-order valence-electron chi connectivity index (χ1n) is 6.90. The van der Waals surface area contributed by atoms with Crippen LogP contribution < -0.4 is 5.73 Å². The molecule has 2 bridgehead atoms. The van der Waals surface area contributed by atoms with Gasteiger partial charge in [-0.15, -0.1) is 0 Å². The van der Waals surface area contributed by atoms with Crippen LogP contribution in [-0.4, -0.2) is 11.7 Å². The van der Waals surface area contributed by atoms with Gasteiger partial charge < -0.3 is 10.8 Å². The Kier molecular flexibility index (Phi) is 3.55. The molecule has 4 heteroatoms. The van der Waals surface area contributed by atoms with Crippen molar-refractivity contribution < 1.29 is 5.11 Å². The Morgan fingerprint density at radius 1 is 1.32 bits per heavy atom. The number of nitrogens with two attached hydrogens (primary N) is 1. The van der Waals surface area contributed by atoms with E-state index in [1.165, 1.54) is 19.3 Å². The van der Waals surface area contributed by atoms with E-state index in [1.807, 2.05) is 6.07 Å². The van der Waals surface area contributed by atoms with Crippen LogP contribution in [0.3, 0.4) is 0 Å². The first-order valence-corrected chi connectivity index (χ1v) is 7.65. The van der Waals surface area contributed by atoms with Crippen LogP contribution in [-0.2, 0) is 0 Å². The van der Waals surface area contributed by atoms with Gasteiger partial charge >= 0.3 is 0 Å². The minimum absolute atomic E-state index is 0.167. The largest absolute Gasteiger partial charge is 0.388 e. The predicted molar refractivity (Wildman–Crippen MR) is 78.4 cm³/mol. The van der Waals surface area contributed by atoms with Crippen molar-refractivity contribution in [2.45, 2.75) is 31.8 Å². The van der Waals surface area contributed by atoms with Gasteiger partial charge in [-0.05, 0) is 48.8 Å². The SMILES string of the molecule is NCC1(C(O)c2ccc(Cl)c(Cl)c2)CC2CCC1C2. The number of halogens is 2. The van der Waals surface area contributed by atoms with Gasteiger partial charge in [-0.25, -0.2) is 0 Å². The topological polar surface area (TPSA) is 46.2 Å². The average molecular weight is 300 g/mol. The molecule has 2 fully saturated rings. The van der Waals surface area contributed by atoms with E-state index in [4.69, 9.17) is 28.9 Å².